The third-order valence-corrected chi connectivity index (χ3v) is 6.55. The van der Waals surface area contributed by atoms with Crippen LogP contribution in [0.25, 0.3) is 0 Å². The molecule has 1 atom stereocenters. The minimum absolute atomic E-state index is 0.00799. The maximum atomic E-state index is 12.5. The van der Waals surface area contributed by atoms with Gasteiger partial charge in [0.1, 0.15) is 5.71 Å². The molecule has 2 aliphatic rings. The van der Waals surface area contributed by atoms with Crippen LogP contribution in [0.3, 0.4) is 0 Å². The Kier molecular flexibility index (Phi) is 5.45. The summed E-state index contributed by atoms with van der Waals surface area (Å²) in [6.07, 6.45) is 0.948. The predicted molar refractivity (Wildman–Crippen MR) is 102 cm³/mol. The Morgan fingerprint density at radius 2 is 2.14 bits per heavy atom. The number of amides is 2. The number of hydrazone groups is 1. The number of nitro benzene ring substituents is 1. The number of benzene rings is 1. The Hall–Kier alpha value is -2.82. The molecule has 11 heteroatoms. The van der Waals surface area contributed by atoms with Crippen molar-refractivity contribution in [3.05, 3.63) is 33.9 Å². The number of hydrogen-bond acceptors (Lipinski definition) is 7. The molecule has 1 fully saturated rings. The number of nitro groups is 1. The molecular formula is C17H20N4O6S. The smallest absolute Gasteiger partial charge is 0.274 e. The zero-order valence-electron chi connectivity index (χ0n) is 15.3. The second kappa shape index (κ2) is 7.66. The van der Waals surface area contributed by atoms with E-state index < -0.39 is 26.7 Å². The van der Waals surface area contributed by atoms with E-state index in [1.54, 1.807) is 19.1 Å². The number of sulfone groups is 1. The van der Waals surface area contributed by atoms with E-state index >= 15 is 0 Å². The SMILES string of the molecule is CCc1ccc(NC(=O)C2=NN(C3CCS(=O)(=O)C3)C(=O)CC2)cc1[N+](=O)[O-]. The number of rotatable bonds is 5. The van der Waals surface area contributed by atoms with Crippen LogP contribution in [0.2, 0.25) is 0 Å². The van der Waals surface area contributed by atoms with Crippen molar-refractivity contribution < 1.29 is 22.9 Å². The summed E-state index contributed by atoms with van der Waals surface area (Å²) in [7, 11) is -3.20. The van der Waals surface area contributed by atoms with Gasteiger partial charge in [-0.15, -0.1) is 0 Å². The van der Waals surface area contributed by atoms with Crippen LogP contribution < -0.4 is 5.32 Å². The lowest BCUT2D eigenvalue weighted by Gasteiger charge is -2.27. The summed E-state index contributed by atoms with van der Waals surface area (Å²) < 4.78 is 23.3. The molecule has 150 valence electrons. The molecule has 0 spiro atoms. The van der Waals surface area contributed by atoms with Crippen molar-refractivity contribution >= 4 is 38.7 Å². The molecule has 0 aromatic heterocycles. The number of carbonyl (C=O) groups excluding carboxylic acids is 2. The van der Waals surface area contributed by atoms with E-state index in [1.807, 2.05) is 0 Å². The van der Waals surface area contributed by atoms with Crippen LogP contribution in [0.15, 0.2) is 23.3 Å². The molecule has 1 unspecified atom stereocenters. The van der Waals surface area contributed by atoms with E-state index in [2.05, 4.69) is 10.4 Å². The Morgan fingerprint density at radius 1 is 1.39 bits per heavy atom. The second-order valence-electron chi connectivity index (χ2n) is 6.75. The summed E-state index contributed by atoms with van der Waals surface area (Å²) >= 11 is 0. The minimum atomic E-state index is -3.20. The van der Waals surface area contributed by atoms with Gasteiger partial charge in [-0.3, -0.25) is 19.7 Å². The number of nitrogens with one attached hydrogen (secondary N) is 1. The molecule has 2 heterocycles. The maximum Gasteiger partial charge on any atom is 0.274 e. The van der Waals surface area contributed by atoms with Crippen molar-refractivity contribution in [2.24, 2.45) is 5.10 Å². The largest absolute Gasteiger partial charge is 0.321 e. The van der Waals surface area contributed by atoms with Gasteiger partial charge < -0.3 is 5.32 Å². The van der Waals surface area contributed by atoms with Gasteiger partial charge in [0.15, 0.2) is 9.84 Å². The summed E-state index contributed by atoms with van der Waals surface area (Å²) in [5.74, 6) is -1.06. The third kappa shape index (κ3) is 4.19. The fourth-order valence-electron chi connectivity index (χ4n) is 3.30. The molecule has 2 amide bonds. The van der Waals surface area contributed by atoms with Crippen molar-refractivity contribution in [1.82, 2.24) is 5.01 Å². The summed E-state index contributed by atoms with van der Waals surface area (Å²) in [5, 5.41) is 18.9. The highest BCUT2D eigenvalue weighted by molar-refractivity contribution is 7.91. The molecule has 0 saturated carbocycles. The van der Waals surface area contributed by atoms with E-state index in [9.17, 15) is 28.1 Å². The van der Waals surface area contributed by atoms with Crippen LogP contribution in [0.1, 0.15) is 31.7 Å². The first-order chi connectivity index (χ1) is 13.2. The number of anilines is 1. The lowest BCUT2D eigenvalue weighted by molar-refractivity contribution is -0.385. The molecule has 0 aliphatic carbocycles. The number of aryl methyl sites for hydroxylation is 1. The van der Waals surface area contributed by atoms with Gasteiger partial charge in [0.2, 0.25) is 5.91 Å². The first-order valence-electron chi connectivity index (χ1n) is 8.89. The molecule has 1 aromatic carbocycles. The Morgan fingerprint density at radius 3 is 2.75 bits per heavy atom. The molecule has 10 nitrogen and oxygen atoms in total. The number of hydrogen-bond donors (Lipinski definition) is 1. The molecule has 1 aromatic rings. The molecule has 0 bridgehead atoms. The van der Waals surface area contributed by atoms with Gasteiger partial charge in [0.25, 0.3) is 11.6 Å². The van der Waals surface area contributed by atoms with Gasteiger partial charge in [-0.05, 0) is 18.9 Å². The van der Waals surface area contributed by atoms with Crippen LogP contribution in [0.4, 0.5) is 11.4 Å². The van der Waals surface area contributed by atoms with Crippen LogP contribution in [0, 0.1) is 10.1 Å². The van der Waals surface area contributed by atoms with E-state index in [0.717, 1.165) is 5.01 Å². The third-order valence-electron chi connectivity index (χ3n) is 4.80. The van der Waals surface area contributed by atoms with Gasteiger partial charge in [-0.25, -0.2) is 13.4 Å². The van der Waals surface area contributed by atoms with Gasteiger partial charge >= 0.3 is 0 Å². The highest BCUT2D eigenvalue weighted by Gasteiger charge is 2.37. The monoisotopic (exact) mass is 408 g/mol. The molecule has 1 saturated heterocycles. The standard InChI is InChI=1S/C17H20N4O6S/c1-2-11-3-4-12(9-15(11)21(24)25)18-17(23)14-5-6-16(22)20(19-14)13-7-8-28(26,27)10-13/h3-4,9,13H,2,5-8,10H2,1H3,(H,18,23). The normalized spacial score (nSPS) is 21.3. The van der Waals surface area contributed by atoms with Gasteiger partial charge in [0, 0.05) is 30.2 Å². The van der Waals surface area contributed by atoms with Gasteiger partial charge in [-0.1, -0.05) is 13.0 Å². The summed E-state index contributed by atoms with van der Waals surface area (Å²) in [6, 6.07) is 3.87. The summed E-state index contributed by atoms with van der Waals surface area (Å²) in [4.78, 5) is 35.3. The topological polar surface area (TPSA) is 139 Å². The zero-order valence-corrected chi connectivity index (χ0v) is 16.1. The number of carbonyl (C=O) groups is 2. The average molecular weight is 408 g/mol. The quantitative estimate of drug-likeness (QED) is 0.575. The minimum Gasteiger partial charge on any atom is -0.321 e. The molecule has 28 heavy (non-hydrogen) atoms. The predicted octanol–water partition coefficient (Wildman–Crippen LogP) is 1.26. The maximum absolute atomic E-state index is 12.5. The van der Waals surface area contributed by atoms with Crippen molar-refractivity contribution in [2.75, 3.05) is 16.8 Å². The van der Waals surface area contributed by atoms with Crippen molar-refractivity contribution in [3.8, 4) is 0 Å². The van der Waals surface area contributed by atoms with Crippen LogP contribution in [-0.2, 0) is 25.8 Å². The van der Waals surface area contributed by atoms with Crippen molar-refractivity contribution in [1.29, 1.82) is 0 Å². The van der Waals surface area contributed by atoms with E-state index in [4.69, 9.17) is 0 Å². The van der Waals surface area contributed by atoms with Gasteiger partial charge in [-0.2, -0.15) is 5.10 Å². The Bertz CT molecular complexity index is 972. The molecule has 1 N–H and O–H groups in total. The lowest BCUT2D eigenvalue weighted by Crippen LogP contribution is -2.42. The lowest BCUT2D eigenvalue weighted by atomic mass is 10.1. The van der Waals surface area contributed by atoms with Crippen LogP contribution >= 0.6 is 0 Å². The average Bonchev–Trinajstić information content (AvgIpc) is 3.01. The van der Waals surface area contributed by atoms with E-state index in [0.29, 0.717) is 12.0 Å². The fourth-order valence-corrected chi connectivity index (χ4v) is 4.99. The summed E-state index contributed by atoms with van der Waals surface area (Å²) in [5.41, 5.74) is 0.811. The highest BCUT2D eigenvalue weighted by atomic mass is 32.2. The molecular weight excluding hydrogens is 388 g/mol. The van der Waals surface area contributed by atoms with Crippen molar-refractivity contribution in [3.63, 3.8) is 0 Å². The van der Waals surface area contributed by atoms with E-state index in [-0.39, 0.29) is 53.8 Å². The molecule has 0 radical (unpaired) electrons. The first-order valence-corrected chi connectivity index (χ1v) is 10.7. The number of nitrogens with zero attached hydrogens (tertiary/aromatic N) is 3. The fraction of sp³-hybridized carbons (Fsp3) is 0.471. The van der Waals surface area contributed by atoms with E-state index in [1.165, 1.54) is 6.07 Å². The highest BCUT2D eigenvalue weighted by Crippen LogP contribution is 2.25. The van der Waals surface area contributed by atoms with Crippen LogP contribution in [0.5, 0.6) is 0 Å². The first kappa shape index (κ1) is 19.9. The molecule has 3 rings (SSSR count). The van der Waals surface area contributed by atoms with Crippen molar-refractivity contribution in [2.45, 2.75) is 38.6 Å². The van der Waals surface area contributed by atoms with Gasteiger partial charge in [0.05, 0.1) is 22.5 Å². The van der Waals surface area contributed by atoms with Crippen LogP contribution in [-0.4, -0.2) is 53.4 Å². The zero-order chi connectivity index (χ0) is 20.5. The Balaban J connectivity index is 1.78. The molecule has 2 aliphatic heterocycles. The Labute approximate surface area is 161 Å². The summed E-state index contributed by atoms with van der Waals surface area (Å²) in [6.45, 7) is 1.80. The second-order valence-corrected chi connectivity index (χ2v) is 8.98.